The molecule has 0 aliphatic carbocycles. The number of aromatic amines is 1. The van der Waals surface area contributed by atoms with Gasteiger partial charge in [0.05, 0.1) is 31.2 Å². The minimum Gasteiger partial charge on any atom is -0.464 e. The quantitative estimate of drug-likeness (QED) is 0.272. The highest BCUT2D eigenvalue weighted by Gasteiger charge is 2.16. The fourth-order valence-electron chi connectivity index (χ4n) is 2.37. The Kier molecular flexibility index (Phi) is 11.5. The van der Waals surface area contributed by atoms with Crippen molar-refractivity contribution in [3.8, 4) is 0 Å². The summed E-state index contributed by atoms with van der Waals surface area (Å²) in [7, 11) is 0. The summed E-state index contributed by atoms with van der Waals surface area (Å²) in [5.74, 6) is -1.43. The van der Waals surface area contributed by atoms with Crippen LogP contribution in [0.25, 0.3) is 0 Å². The number of hydrogen-bond donors (Lipinski definition) is 4. The fraction of sp³-hybridized carbons (Fsp3) is 0.667. The van der Waals surface area contributed by atoms with Crippen LogP contribution in [0, 0.1) is 0 Å². The van der Waals surface area contributed by atoms with Gasteiger partial charge in [-0.3, -0.25) is 14.4 Å². The standard InChI is InChI=1S/C18H31N5O4/c1-2-3-4-5-6-7-8-27-17(25)12-21-16(24)11-22-18(26)15(19)9-14-10-20-13-23-14/h10,13,15H,2-9,11-12,19H2,1H3,(H,20,23)(H,21,24)(H,22,26). The van der Waals surface area contributed by atoms with Gasteiger partial charge in [-0.2, -0.15) is 0 Å². The minimum absolute atomic E-state index is 0.218. The van der Waals surface area contributed by atoms with E-state index in [-0.39, 0.29) is 19.5 Å². The lowest BCUT2D eigenvalue weighted by atomic mass is 10.1. The molecule has 1 aromatic rings. The number of imidazole rings is 1. The molecule has 9 heteroatoms. The molecule has 0 aliphatic rings. The monoisotopic (exact) mass is 381 g/mol. The maximum absolute atomic E-state index is 11.8. The molecule has 1 aromatic heterocycles. The summed E-state index contributed by atoms with van der Waals surface area (Å²) in [6.07, 6.45) is 10.1. The van der Waals surface area contributed by atoms with Gasteiger partial charge in [-0.05, 0) is 6.42 Å². The first-order chi connectivity index (χ1) is 13.0. The number of nitrogens with two attached hydrogens (primary N) is 1. The van der Waals surface area contributed by atoms with E-state index >= 15 is 0 Å². The van der Waals surface area contributed by atoms with Gasteiger partial charge < -0.3 is 26.1 Å². The van der Waals surface area contributed by atoms with E-state index < -0.39 is 23.8 Å². The van der Waals surface area contributed by atoms with Crippen LogP contribution in [0.5, 0.6) is 0 Å². The Morgan fingerprint density at radius 3 is 2.59 bits per heavy atom. The number of carbonyl (C=O) groups is 3. The number of aromatic nitrogens is 2. The van der Waals surface area contributed by atoms with Crippen molar-refractivity contribution in [2.45, 2.75) is 57.9 Å². The van der Waals surface area contributed by atoms with E-state index in [4.69, 9.17) is 10.5 Å². The van der Waals surface area contributed by atoms with Crippen LogP contribution in [0.1, 0.15) is 51.1 Å². The van der Waals surface area contributed by atoms with Crippen LogP contribution in [-0.2, 0) is 25.5 Å². The zero-order chi connectivity index (χ0) is 19.9. The molecule has 2 amide bonds. The van der Waals surface area contributed by atoms with Crippen molar-refractivity contribution >= 4 is 17.8 Å². The Hall–Kier alpha value is -2.42. The van der Waals surface area contributed by atoms with Gasteiger partial charge in [-0.1, -0.05) is 39.0 Å². The third-order valence-corrected chi connectivity index (χ3v) is 3.93. The maximum Gasteiger partial charge on any atom is 0.325 e. The van der Waals surface area contributed by atoms with E-state index in [1.54, 1.807) is 6.20 Å². The van der Waals surface area contributed by atoms with E-state index in [1.165, 1.54) is 25.6 Å². The molecule has 1 rings (SSSR count). The number of unbranched alkanes of at least 4 members (excludes halogenated alkanes) is 5. The van der Waals surface area contributed by atoms with Crippen LogP contribution in [0.2, 0.25) is 0 Å². The van der Waals surface area contributed by atoms with Gasteiger partial charge in [0.1, 0.15) is 6.54 Å². The topological polar surface area (TPSA) is 139 Å². The number of carbonyl (C=O) groups excluding carboxylic acids is 3. The van der Waals surface area contributed by atoms with Crippen LogP contribution in [0.15, 0.2) is 12.5 Å². The number of nitrogens with one attached hydrogen (secondary N) is 3. The summed E-state index contributed by atoms with van der Waals surface area (Å²) >= 11 is 0. The number of esters is 1. The Labute approximate surface area is 159 Å². The van der Waals surface area contributed by atoms with Gasteiger partial charge in [0, 0.05) is 12.6 Å². The molecule has 1 unspecified atom stereocenters. The average Bonchev–Trinajstić information content (AvgIpc) is 3.16. The first-order valence-electron chi connectivity index (χ1n) is 9.46. The smallest absolute Gasteiger partial charge is 0.325 e. The summed E-state index contributed by atoms with van der Waals surface area (Å²) in [6.45, 7) is 2.05. The minimum atomic E-state index is -0.802. The van der Waals surface area contributed by atoms with Crippen molar-refractivity contribution in [2.24, 2.45) is 5.73 Å². The van der Waals surface area contributed by atoms with E-state index in [2.05, 4.69) is 27.5 Å². The molecule has 9 nitrogen and oxygen atoms in total. The molecule has 0 bridgehead atoms. The average molecular weight is 381 g/mol. The molecule has 0 saturated carbocycles. The summed E-state index contributed by atoms with van der Waals surface area (Å²) in [5, 5.41) is 4.83. The Bertz CT molecular complexity index is 562. The van der Waals surface area contributed by atoms with Crippen LogP contribution in [-0.4, -0.2) is 53.5 Å². The van der Waals surface area contributed by atoms with Crippen molar-refractivity contribution in [2.75, 3.05) is 19.7 Å². The molecule has 0 saturated heterocycles. The summed E-state index contributed by atoms with van der Waals surface area (Å²) in [6, 6.07) is -0.802. The highest BCUT2D eigenvalue weighted by molar-refractivity contribution is 5.88. The molecule has 0 spiro atoms. The molecule has 1 heterocycles. The third kappa shape index (κ3) is 11.0. The molecular formula is C18H31N5O4. The van der Waals surface area contributed by atoms with Gasteiger partial charge in [0.25, 0.3) is 0 Å². The van der Waals surface area contributed by atoms with Crippen LogP contribution >= 0.6 is 0 Å². The summed E-state index contributed by atoms with van der Waals surface area (Å²) < 4.78 is 5.05. The number of rotatable bonds is 14. The number of ether oxygens (including phenoxy) is 1. The third-order valence-electron chi connectivity index (χ3n) is 3.93. The van der Waals surface area contributed by atoms with Crippen LogP contribution in [0.3, 0.4) is 0 Å². The molecule has 0 fully saturated rings. The maximum atomic E-state index is 11.8. The molecule has 0 aromatic carbocycles. The molecule has 0 radical (unpaired) electrons. The first-order valence-corrected chi connectivity index (χ1v) is 9.46. The molecule has 0 aliphatic heterocycles. The number of amides is 2. The number of nitrogens with zero attached hydrogens (tertiary/aromatic N) is 1. The first kappa shape index (κ1) is 22.6. The molecule has 5 N–H and O–H groups in total. The van der Waals surface area contributed by atoms with E-state index in [0.29, 0.717) is 12.3 Å². The van der Waals surface area contributed by atoms with Crippen molar-refractivity contribution in [1.29, 1.82) is 0 Å². The second-order valence-electron chi connectivity index (χ2n) is 6.35. The lowest BCUT2D eigenvalue weighted by Gasteiger charge is -2.11. The Morgan fingerprint density at radius 2 is 1.89 bits per heavy atom. The molecular weight excluding hydrogens is 350 g/mol. The van der Waals surface area contributed by atoms with Crippen LogP contribution < -0.4 is 16.4 Å². The lowest BCUT2D eigenvalue weighted by molar-refractivity contribution is -0.144. The molecule has 27 heavy (non-hydrogen) atoms. The van der Waals surface area contributed by atoms with Crippen molar-refractivity contribution in [3.63, 3.8) is 0 Å². The predicted octanol–water partition coefficient (Wildman–Crippen LogP) is 0.416. The largest absolute Gasteiger partial charge is 0.464 e. The van der Waals surface area contributed by atoms with Crippen molar-refractivity contribution in [3.05, 3.63) is 18.2 Å². The van der Waals surface area contributed by atoms with Gasteiger partial charge >= 0.3 is 5.97 Å². The van der Waals surface area contributed by atoms with Crippen molar-refractivity contribution in [1.82, 2.24) is 20.6 Å². The van der Waals surface area contributed by atoms with Gasteiger partial charge in [0.2, 0.25) is 11.8 Å². The second-order valence-corrected chi connectivity index (χ2v) is 6.35. The normalized spacial score (nSPS) is 11.6. The van der Waals surface area contributed by atoms with E-state index in [1.807, 2.05) is 0 Å². The van der Waals surface area contributed by atoms with Gasteiger partial charge in [-0.15, -0.1) is 0 Å². The second kappa shape index (κ2) is 13.7. The highest BCUT2D eigenvalue weighted by atomic mass is 16.5. The zero-order valence-electron chi connectivity index (χ0n) is 16.0. The summed E-state index contributed by atoms with van der Waals surface area (Å²) in [4.78, 5) is 41.8. The van der Waals surface area contributed by atoms with Crippen LogP contribution in [0.4, 0.5) is 0 Å². The van der Waals surface area contributed by atoms with Gasteiger partial charge in [-0.25, -0.2) is 4.98 Å². The summed E-state index contributed by atoms with van der Waals surface area (Å²) in [5.41, 5.74) is 6.41. The Balaban J connectivity index is 2.05. The Morgan fingerprint density at radius 1 is 1.15 bits per heavy atom. The van der Waals surface area contributed by atoms with Crippen molar-refractivity contribution < 1.29 is 19.1 Å². The number of H-pyrrole nitrogens is 1. The molecule has 1 atom stereocenters. The van der Waals surface area contributed by atoms with E-state index in [0.717, 1.165) is 19.3 Å². The number of hydrogen-bond acceptors (Lipinski definition) is 6. The predicted molar refractivity (Wildman–Crippen MR) is 101 cm³/mol. The lowest BCUT2D eigenvalue weighted by Crippen LogP contribution is -2.46. The van der Waals surface area contributed by atoms with Gasteiger partial charge in [0.15, 0.2) is 0 Å². The highest BCUT2D eigenvalue weighted by Crippen LogP contribution is 2.04. The fourth-order valence-corrected chi connectivity index (χ4v) is 2.37. The van der Waals surface area contributed by atoms with E-state index in [9.17, 15) is 14.4 Å². The SMILES string of the molecule is CCCCCCCCOC(=O)CNC(=O)CNC(=O)C(N)Cc1c[nH]cn1. The molecule has 152 valence electrons. The zero-order valence-corrected chi connectivity index (χ0v) is 16.0.